The van der Waals surface area contributed by atoms with Crippen molar-refractivity contribution in [2.75, 3.05) is 32.4 Å². The monoisotopic (exact) mass is 178 g/mol. The van der Waals surface area contributed by atoms with Crippen LogP contribution in [0.15, 0.2) is 0 Å². The van der Waals surface area contributed by atoms with Crippen LogP contribution in [0.4, 0.5) is 0 Å². The number of likely N-dealkylation sites (N-methyl/N-ethyl adjacent to an activating group) is 1. The normalized spacial score (nSPS) is 27.4. The lowest BCUT2D eigenvalue weighted by molar-refractivity contribution is 0.334. The summed E-state index contributed by atoms with van der Waals surface area (Å²) in [5, 5.41) is 0. The van der Waals surface area contributed by atoms with Crippen molar-refractivity contribution in [2.24, 2.45) is 0 Å². The summed E-state index contributed by atoms with van der Waals surface area (Å²) in [5.41, 5.74) is 0. The number of rotatable bonds is 0. The molecule has 1 aliphatic rings. The SMILES string of the molecule is CN1CCCS(=O)(=O)NCC1. The molecule has 0 bridgehead atoms. The zero-order valence-electron chi connectivity index (χ0n) is 6.71. The molecule has 1 fully saturated rings. The van der Waals surface area contributed by atoms with Crippen molar-refractivity contribution in [3.63, 3.8) is 0 Å². The van der Waals surface area contributed by atoms with E-state index in [0.717, 1.165) is 19.5 Å². The van der Waals surface area contributed by atoms with Gasteiger partial charge in [0.25, 0.3) is 0 Å². The average Bonchev–Trinajstić information content (AvgIpc) is 1.83. The van der Waals surface area contributed by atoms with Crippen molar-refractivity contribution in [3.05, 3.63) is 0 Å². The Morgan fingerprint density at radius 2 is 2.09 bits per heavy atom. The van der Waals surface area contributed by atoms with Crippen molar-refractivity contribution in [3.8, 4) is 0 Å². The predicted octanol–water partition coefficient (Wildman–Crippen LogP) is -0.759. The molecular formula is C6H14N2O2S. The molecule has 1 aliphatic heterocycles. The Hall–Kier alpha value is -0.130. The average molecular weight is 178 g/mol. The highest BCUT2D eigenvalue weighted by atomic mass is 32.2. The molecule has 1 heterocycles. The second kappa shape index (κ2) is 3.51. The van der Waals surface area contributed by atoms with Gasteiger partial charge in [0.15, 0.2) is 0 Å². The van der Waals surface area contributed by atoms with Gasteiger partial charge in [-0.3, -0.25) is 0 Å². The van der Waals surface area contributed by atoms with Gasteiger partial charge in [-0.2, -0.15) is 0 Å². The van der Waals surface area contributed by atoms with Crippen molar-refractivity contribution in [1.82, 2.24) is 9.62 Å². The summed E-state index contributed by atoms with van der Waals surface area (Å²) in [4.78, 5) is 2.13. The van der Waals surface area contributed by atoms with Crippen molar-refractivity contribution < 1.29 is 8.42 Å². The molecule has 4 nitrogen and oxygen atoms in total. The van der Waals surface area contributed by atoms with Crippen molar-refractivity contribution in [1.29, 1.82) is 0 Å². The quantitative estimate of drug-likeness (QED) is 0.530. The Morgan fingerprint density at radius 3 is 2.82 bits per heavy atom. The van der Waals surface area contributed by atoms with Crippen LogP contribution in [-0.4, -0.2) is 45.8 Å². The summed E-state index contributed by atoms with van der Waals surface area (Å²) in [6, 6.07) is 0. The molecule has 1 saturated heterocycles. The number of hydrogen-bond donors (Lipinski definition) is 1. The lowest BCUT2D eigenvalue weighted by Crippen LogP contribution is -2.38. The maximum absolute atomic E-state index is 11.0. The molecule has 0 atom stereocenters. The van der Waals surface area contributed by atoms with E-state index < -0.39 is 10.0 Å². The van der Waals surface area contributed by atoms with Crippen LogP contribution in [0.25, 0.3) is 0 Å². The highest BCUT2D eigenvalue weighted by molar-refractivity contribution is 7.89. The minimum atomic E-state index is -2.94. The van der Waals surface area contributed by atoms with Gasteiger partial charge in [-0.05, 0) is 20.0 Å². The van der Waals surface area contributed by atoms with Crippen LogP contribution in [0, 0.1) is 0 Å². The van der Waals surface area contributed by atoms with Crippen LogP contribution >= 0.6 is 0 Å². The topological polar surface area (TPSA) is 49.4 Å². The molecule has 0 aromatic heterocycles. The first-order valence-electron chi connectivity index (χ1n) is 3.76. The zero-order chi connectivity index (χ0) is 8.32. The minimum absolute atomic E-state index is 0.261. The van der Waals surface area contributed by atoms with E-state index >= 15 is 0 Å². The van der Waals surface area contributed by atoms with Crippen LogP contribution in [0.5, 0.6) is 0 Å². The Morgan fingerprint density at radius 1 is 1.36 bits per heavy atom. The van der Waals surface area contributed by atoms with Crippen LogP contribution < -0.4 is 4.72 Å². The lowest BCUT2D eigenvalue weighted by Gasteiger charge is -2.19. The predicted molar refractivity (Wildman–Crippen MR) is 43.9 cm³/mol. The Kier molecular flexibility index (Phi) is 2.86. The zero-order valence-corrected chi connectivity index (χ0v) is 7.52. The molecular weight excluding hydrogens is 164 g/mol. The third kappa shape index (κ3) is 3.18. The van der Waals surface area contributed by atoms with Crippen molar-refractivity contribution >= 4 is 10.0 Å². The molecule has 1 rings (SSSR count). The van der Waals surface area contributed by atoms with Gasteiger partial charge in [0.05, 0.1) is 5.75 Å². The molecule has 0 unspecified atom stereocenters. The van der Waals surface area contributed by atoms with Crippen molar-refractivity contribution in [2.45, 2.75) is 6.42 Å². The smallest absolute Gasteiger partial charge is 0.211 e. The summed E-state index contributed by atoms with van der Waals surface area (Å²) in [7, 11) is -0.943. The van der Waals surface area contributed by atoms with Gasteiger partial charge < -0.3 is 4.90 Å². The number of hydrogen-bond acceptors (Lipinski definition) is 3. The van der Waals surface area contributed by atoms with Gasteiger partial charge in [0, 0.05) is 13.1 Å². The van der Waals surface area contributed by atoms with E-state index in [0.29, 0.717) is 6.54 Å². The van der Waals surface area contributed by atoms with Gasteiger partial charge in [-0.1, -0.05) is 0 Å². The van der Waals surface area contributed by atoms with E-state index in [1.54, 1.807) is 0 Å². The summed E-state index contributed by atoms with van der Waals surface area (Å²) in [6.45, 7) is 2.22. The van der Waals surface area contributed by atoms with E-state index in [9.17, 15) is 8.42 Å². The Bertz CT molecular complexity index is 197. The Balaban J connectivity index is 2.48. The third-order valence-electron chi connectivity index (χ3n) is 1.77. The fraction of sp³-hybridized carbons (Fsp3) is 1.00. The molecule has 0 aromatic rings. The number of nitrogens with zero attached hydrogens (tertiary/aromatic N) is 1. The standard InChI is InChI=1S/C6H14N2O2S/c1-8-4-2-6-11(9,10)7-3-5-8/h7H,2-6H2,1H3. The Labute approximate surface area is 67.6 Å². The molecule has 0 aliphatic carbocycles. The summed E-state index contributed by atoms with van der Waals surface area (Å²) >= 11 is 0. The minimum Gasteiger partial charge on any atom is -0.305 e. The summed E-state index contributed by atoms with van der Waals surface area (Å²) in [6.07, 6.45) is 0.728. The second-order valence-electron chi connectivity index (χ2n) is 2.87. The first-order valence-corrected chi connectivity index (χ1v) is 5.41. The number of sulfonamides is 1. The fourth-order valence-corrected chi connectivity index (χ4v) is 2.16. The van der Waals surface area contributed by atoms with Gasteiger partial charge in [-0.25, -0.2) is 13.1 Å². The van der Waals surface area contributed by atoms with E-state index in [-0.39, 0.29) is 5.75 Å². The molecule has 5 heteroatoms. The second-order valence-corrected chi connectivity index (χ2v) is 4.80. The van der Waals surface area contributed by atoms with Gasteiger partial charge in [0.2, 0.25) is 10.0 Å². The highest BCUT2D eigenvalue weighted by Gasteiger charge is 2.13. The molecule has 0 radical (unpaired) electrons. The van der Waals surface area contributed by atoms with E-state index in [4.69, 9.17) is 0 Å². The largest absolute Gasteiger partial charge is 0.305 e. The molecule has 0 amide bonds. The molecule has 0 aromatic carbocycles. The van der Waals surface area contributed by atoms with E-state index in [2.05, 4.69) is 9.62 Å². The molecule has 0 spiro atoms. The first kappa shape index (κ1) is 8.96. The van der Waals surface area contributed by atoms with Crippen LogP contribution in [0.1, 0.15) is 6.42 Å². The first-order chi connectivity index (χ1) is 5.10. The molecule has 66 valence electrons. The number of nitrogens with one attached hydrogen (secondary N) is 1. The van der Waals surface area contributed by atoms with E-state index in [1.165, 1.54) is 0 Å². The van der Waals surface area contributed by atoms with Crippen LogP contribution in [-0.2, 0) is 10.0 Å². The maximum Gasteiger partial charge on any atom is 0.211 e. The van der Waals surface area contributed by atoms with Crippen LogP contribution in [0.2, 0.25) is 0 Å². The summed E-state index contributed by atoms with van der Waals surface area (Å²) in [5.74, 6) is 0.261. The molecule has 0 saturated carbocycles. The summed E-state index contributed by atoms with van der Waals surface area (Å²) < 4.78 is 24.5. The van der Waals surface area contributed by atoms with Gasteiger partial charge in [-0.15, -0.1) is 0 Å². The molecule has 1 N–H and O–H groups in total. The lowest BCUT2D eigenvalue weighted by atomic mass is 10.4. The van der Waals surface area contributed by atoms with Crippen LogP contribution in [0.3, 0.4) is 0 Å². The maximum atomic E-state index is 11.0. The molecule has 11 heavy (non-hydrogen) atoms. The van der Waals surface area contributed by atoms with Gasteiger partial charge in [0.1, 0.15) is 0 Å². The highest BCUT2D eigenvalue weighted by Crippen LogP contribution is 1.95. The third-order valence-corrected chi connectivity index (χ3v) is 3.24. The van der Waals surface area contributed by atoms with E-state index in [1.807, 2.05) is 7.05 Å². The fourth-order valence-electron chi connectivity index (χ4n) is 1.10. The van der Waals surface area contributed by atoms with Gasteiger partial charge >= 0.3 is 0 Å².